The third-order valence-corrected chi connectivity index (χ3v) is 4.19. The van der Waals surface area contributed by atoms with E-state index in [1.807, 2.05) is 18.2 Å². The van der Waals surface area contributed by atoms with Crippen molar-refractivity contribution in [2.24, 2.45) is 5.41 Å². The SMILES string of the molecule is CCCCC(CC)(CO)Cc1cc(Cl)ccc1OC. The van der Waals surface area contributed by atoms with E-state index in [1.54, 1.807) is 7.11 Å². The Hall–Kier alpha value is -0.730. The summed E-state index contributed by atoms with van der Waals surface area (Å²) in [7, 11) is 1.67. The van der Waals surface area contributed by atoms with Crippen molar-refractivity contribution >= 4 is 11.6 Å². The number of hydrogen-bond acceptors (Lipinski definition) is 2. The molecule has 1 N–H and O–H groups in total. The van der Waals surface area contributed by atoms with E-state index >= 15 is 0 Å². The fourth-order valence-corrected chi connectivity index (χ4v) is 2.67. The summed E-state index contributed by atoms with van der Waals surface area (Å²) >= 11 is 6.08. The molecule has 0 saturated heterocycles. The summed E-state index contributed by atoms with van der Waals surface area (Å²) in [6.45, 7) is 4.53. The van der Waals surface area contributed by atoms with E-state index < -0.39 is 0 Å². The van der Waals surface area contributed by atoms with E-state index in [9.17, 15) is 5.11 Å². The Bertz CT molecular complexity index is 386. The zero-order valence-corrected chi connectivity index (χ0v) is 13.0. The number of aliphatic hydroxyl groups is 1. The maximum atomic E-state index is 9.82. The molecule has 0 heterocycles. The summed E-state index contributed by atoms with van der Waals surface area (Å²) in [5.41, 5.74) is 1.02. The van der Waals surface area contributed by atoms with Gasteiger partial charge in [0.25, 0.3) is 0 Å². The van der Waals surface area contributed by atoms with Gasteiger partial charge in [0.15, 0.2) is 0 Å². The number of ether oxygens (including phenoxy) is 1. The first-order valence-electron chi connectivity index (χ1n) is 7.04. The fourth-order valence-electron chi connectivity index (χ4n) is 2.48. The van der Waals surface area contributed by atoms with Crippen molar-refractivity contribution in [2.45, 2.75) is 46.0 Å². The third-order valence-electron chi connectivity index (χ3n) is 3.95. The molecule has 0 aliphatic rings. The van der Waals surface area contributed by atoms with Gasteiger partial charge in [-0.1, -0.05) is 38.3 Å². The van der Waals surface area contributed by atoms with Crippen LogP contribution in [0.3, 0.4) is 0 Å². The third kappa shape index (κ3) is 4.39. The van der Waals surface area contributed by atoms with E-state index in [-0.39, 0.29) is 12.0 Å². The maximum absolute atomic E-state index is 9.82. The first-order valence-corrected chi connectivity index (χ1v) is 7.42. The molecule has 0 radical (unpaired) electrons. The molecule has 108 valence electrons. The molecule has 19 heavy (non-hydrogen) atoms. The Morgan fingerprint density at radius 1 is 1.32 bits per heavy atom. The Morgan fingerprint density at radius 2 is 2.05 bits per heavy atom. The highest BCUT2D eigenvalue weighted by molar-refractivity contribution is 6.30. The second kappa shape index (κ2) is 7.76. The average Bonchev–Trinajstić information content (AvgIpc) is 2.44. The molecule has 0 bridgehead atoms. The van der Waals surface area contributed by atoms with Gasteiger partial charge in [-0.15, -0.1) is 0 Å². The van der Waals surface area contributed by atoms with Crippen molar-refractivity contribution in [3.05, 3.63) is 28.8 Å². The lowest BCUT2D eigenvalue weighted by Crippen LogP contribution is -2.27. The molecule has 0 fully saturated rings. The van der Waals surface area contributed by atoms with Gasteiger partial charge in [-0.05, 0) is 48.4 Å². The van der Waals surface area contributed by atoms with Crippen molar-refractivity contribution in [2.75, 3.05) is 13.7 Å². The highest BCUT2D eigenvalue weighted by Gasteiger charge is 2.28. The van der Waals surface area contributed by atoms with Crippen molar-refractivity contribution in [3.63, 3.8) is 0 Å². The van der Waals surface area contributed by atoms with Gasteiger partial charge in [-0.25, -0.2) is 0 Å². The predicted molar refractivity (Wildman–Crippen MR) is 81.0 cm³/mol. The molecule has 0 aliphatic carbocycles. The van der Waals surface area contributed by atoms with Crippen LogP contribution in [0.15, 0.2) is 18.2 Å². The zero-order valence-electron chi connectivity index (χ0n) is 12.2. The van der Waals surface area contributed by atoms with Crippen LogP contribution in [-0.4, -0.2) is 18.8 Å². The van der Waals surface area contributed by atoms with Crippen molar-refractivity contribution < 1.29 is 9.84 Å². The summed E-state index contributed by atoms with van der Waals surface area (Å²) < 4.78 is 5.40. The lowest BCUT2D eigenvalue weighted by molar-refractivity contribution is 0.106. The molecule has 0 amide bonds. The van der Waals surface area contributed by atoms with Crippen molar-refractivity contribution in [1.82, 2.24) is 0 Å². The topological polar surface area (TPSA) is 29.5 Å². The highest BCUT2D eigenvalue weighted by Crippen LogP contribution is 2.36. The van der Waals surface area contributed by atoms with Gasteiger partial charge < -0.3 is 9.84 Å². The van der Waals surface area contributed by atoms with Crippen LogP contribution in [0.25, 0.3) is 0 Å². The predicted octanol–water partition coefficient (Wildman–Crippen LogP) is 4.47. The van der Waals surface area contributed by atoms with E-state index in [1.165, 1.54) is 0 Å². The van der Waals surface area contributed by atoms with E-state index in [4.69, 9.17) is 16.3 Å². The minimum atomic E-state index is -0.0615. The molecule has 1 rings (SSSR count). The van der Waals surface area contributed by atoms with E-state index in [0.29, 0.717) is 5.02 Å². The lowest BCUT2D eigenvalue weighted by Gasteiger charge is -2.31. The number of unbranched alkanes of at least 4 members (excludes halogenated alkanes) is 1. The summed E-state index contributed by atoms with van der Waals surface area (Å²) in [4.78, 5) is 0. The number of benzene rings is 1. The molecule has 1 aromatic rings. The number of hydrogen-bond donors (Lipinski definition) is 1. The molecule has 0 spiro atoms. The first kappa shape index (κ1) is 16.3. The average molecular weight is 285 g/mol. The van der Waals surface area contributed by atoms with Crippen LogP contribution in [0.2, 0.25) is 5.02 Å². The van der Waals surface area contributed by atoms with Crippen LogP contribution in [0.5, 0.6) is 5.75 Å². The highest BCUT2D eigenvalue weighted by atomic mass is 35.5. The molecule has 1 unspecified atom stereocenters. The molecule has 0 saturated carbocycles. The standard InChI is InChI=1S/C16H25ClO2/c1-4-6-9-16(5-2,12-18)11-13-10-14(17)7-8-15(13)19-3/h7-8,10,18H,4-6,9,11-12H2,1-3H3. The number of halogens is 1. The summed E-state index contributed by atoms with van der Waals surface area (Å²) in [5, 5.41) is 10.5. The fraction of sp³-hybridized carbons (Fsp3) is 0.625. The molecule has 0 aliphatic heterocycles. The number of aliphatic hydroxyl groups excluding tert-OH is 1. The molecule has 1 atom stereocenters. The Morgan fingerprint density at radius 3 is 2.58 bits per heavy atom. The second-order valence-electron chi connectivity index (χ2n) is 5.25. The first-order chi connectivity index (χ1) is 9.10. The van der Waals surface area contributed by atoms with Crippen LogP contribution in [0.1, 0.15) is 45.1 Å². The Labute approximate surface area is 121 Å². The van der Waals surface area contributed by atoms with Crippen LogP contribution in [0.4, 0.5) is 0 Å². The van der Waals surface area contributed by atoms with Crippen LogP contribution >= 0.6 is 11.6 Å². The molecular weight excluding hydrogens is 260 g/mol. The second-order valence-corrected chi connectivity index (χ2v) is 5.68. The van der Waals surface area contributed by atoms with Crippen LogP contribution in [-0.2, 0) is 6.42 Å². The van der Waals surface area contributed by atoms with Gasteiger partial charge in [0.2, 0.25) is 0 Å². The molecular formula is C16H25ClO2. The minimum absolute atomic E-state index is 0.0615. The van der Waals surface area contributed by atoms with Crippen LogP contribution in [0, 0.1) is 5.41 Å². The smallest absolute Gasteiger partial charge is 0.122 e. The normalized spacial score (nSPS) is 14.2. The zero-order chi connectivity index (χ0) is 14.3. The molecule has 2 nitrogen and oxygen atoms in total. The molecule has 3 heteroatoms. The van der Waals surface area contributed by atoms with Gasteiger partial charge >= 0.3 is 0 Å². The minimum Gasteiger partial charge on any atom is -0.496 e. The lowest BCUT2D eigenvalue weighted by atomic mass is 9.76. The van der Waals surface area contributed by atoms with Crippen molar-refractivity contribution in [3.8, 4) is 5.75 Å². The van der Waals surface area contributed by atoms with Gasteiger partial charge in [0.05, 0.1) is 7.11 Å². The Balaban J connectivity index is 2.98. The van der Waals surface area contributed by atoms with Gasteiger partial charge in [-0.2, -0.15) is 0 Å². The maximum Gasteiger partial charge on any atom is 0.122 e. The molecule has 0 aromatic heterocycles. The largest absolute Gasteiger partial charge is 0.496 e. The summed E-state index contributed by atoms with van der Waals surface area (Å²) in [6.07, 6.45) is 5.08. The van der Waals surface area contributed by atoms with Gasteiger partial charge in [0.1, 0.15) is 5.75 Å². The van der Waals surface area contributed by atoms with Gasteiger partial charge in [0, 0.05) is 11.6 Å². The van der Waals surface area contributed by atoms with E-state index in [0.717, 1.165) is 43.4 Å². The van der Waals surface area contributed by atoms with Crippen LogP contribution < -0.4 is 4.74 Å². The van der Waals surface area contributed by atoms with Gasteiger partial charge in [-0.3, -0.25) is 0 Å². The number of rotatable bonds is 8. The Kier molecular flexibility index (Phi) is 6.67. The summed E-state index contributed by atoms with van der Waals surface area (Å²) in [5.74, 6) is 0.854. The molecule has 1 aromatic carbocycles. The van der Waals surface area contributed by atoms with E-state index in [2.05, 4.69) is 13.8 Å². The summed E-state index contributed by atoms with van der Waals surface area (Å²) in [6, 6.07) is 5.68. The van der Waals surface area contributed by atoms with Crippen molar-refractivity contribution in [1.29, 1.82) is 0 Å². The monoisotopic (exact) mass is 284 g/mol. The number of methoxy groups -OCH3 is 1. The quantitative estimate of drug-likeness (QED) is 0.763.